The number of anilines is 1. The largest absolute Gasteiger partial charge is 0.456 e. The van der Waals surface area contributed by atoms with E-state index < -0.39 is 35.1 Å². The first-order valence-electron chi connectivity index (χ1n) is 5.49. The van der Waals surface area contributed by atoms with E-state index in [0.717, 1.165) is 6.08 Å². The summed E-state index contributed by atoms with van der Waals surface area (Å²) in [5.41, 5.74) is -3.23. The number of cyclic esters (lactones) is 1. The quantitative estimate of drug-likeness (QED) is 0.670. The lowest BCUT2D eigenvalue weighted by Gasteiger charge is -2.15. The van der Waals surface area contributed by atoms with E-state index in [4.69, 9.17) is 0 Å². The van der Waals surface area contributed by atoms with Crippen molar-refractivity contribution in [2.24, 2.45) is 0 Å². The van der Waals surface area contributed by atoms with Gasteiger partial charge in [-0.05, 0) is 18.2 Å². The Bertz CT molecular complexity index is 570. The summed E-state index contributed by atoms with van der Waals surface area (Å²) in [5, 5.41) is 2.31. The van der Waals surface area contributed by atoms with Crippen molar-refractivity contribution in [3.63, 3.8) is 0 Å². The third-order valence-corrected chi connectivity index (χ3v) is 2.55. The molecular formula is C12H7F6NO2. The van der Waals surface area contributed by atoms with Crippen LogP contribution in [0.15, 0.2) is 30.0 Å². The molecule has 1 heterocycles. The van der Waals surface area contributed by atoms with E-state index in [0.29, 0.717) is 12.1 Å². The van der Waals surface area contributed by atoms with Gasteiger partial charge in [-0.3, -0.25) is 0 Å². The van der Waals surface area contributed by atoms with E-state index in [2.05, 4.69) is 10.1 Å². The van der Waals surface area contributed by atoms with Gasteiger partial charge in [0, 0.05) is 11.8 Å². The first-order chi connectivity index (χ1) is 9.55. The molecule has 0 amide bonds. The maximum atomic E-state index is 12.6. The number of hydrogen-bond acceptors (Lipinski definition) is 3. The van der Waals surface area contributed by atoms with E-state index in [-0.39, 0.29) is 18.4 Å². The molecule has 0 atom stereocenters. The highest BCUT2D eigenvalue weighted by molar-refractivity contribution is 5.86. The van der Waals surface area contributed by atoms with Gasteiger partial charge in [0.1, 0.15) is 6.61 Å². The van der Waals surface area contributed by atoms with Crippen molar-refractivity contribution >= 4 is 11.7 Å². The summed E-state index contributed by atoms with van der Waals surface area (Å²) in [5.74, 6) is -0.722. The summed E-state index contributed by atoms with van der Waals surface area (Å²) in [6.07, 6.45) is -8.89. The lowest BCUT2D eigenvalue weighted by molar-refractivity contribution is -0.143. The molecule has 0 saturated carbocycles. The molecule has 0 bridgehead atoms. The molecule has 1 aromatic carbocycles. The fourth-order valence-corrected chi connectivity index (χ4v) is 1.66. The minimum absolute atomic E-state index is 0.0237. The van der Waals surface area contributed by atoms with Gasteiger partial charge < -0.3 is 10.1 Å². The van der Waals surface area contributed by atoms with E-state index in [1.54, 1.807) is 0 Å². The lowest BCUT2D eigenvalue weighted by atomic mass is 10.1. The number of hydrogen-bond donors (Lipinski definition) is 1. The van der Waals surface area contributed by atoms with Gasteiger partial charge in [-0.1, -0.05) is 0 Å². The molecule has 1 N–H and O–H groups in total. The number of carbonyl (C=O) groups excluding carboxylic acids is 1. The Morgan fingerprint density at radius 1 is 0.952 bits per heavy atom. The molecule has 9 heteroatoms. The molecule has 0 unspecified atom stereocenters. The number of esters is 1. The van der Waals surface area contributed by atoms with Crippen molar-refractivity contribution in [2.75, 3.05) is 11.9 Å². The second-order valence-electron chi connectivity index (χ2n) is 4.20. The van der Waals surface area contributed by atoms with E-state index in [9.17, 15) is 31.1 Å². The first-order valence-corrected chi connectivity index (χ1v) is 5.49. The minimum atomic E-state index is -4.92. The zero-order valence-electron chi connectivity index (χ0n) is 10.1. The van der Waals surface area contributed by atoms with Crippen molar-refractivity contribution in [1.29, 1.82) is 0 Å². The highest BCUT2D eigenvalue weighted by atomic mass is 19.4. The molecule has 0 spiro atoms. The van der Waals surface area contributed by atoms with Crippen molar-refractivity contribution in [3.8, 4) is 0 Å². The van der Waals surface area contributed by atoms with Crippen LogP contribution in [0.25, 0.3) is 0 Å². The number of halogens is 6. The van der Waals surface area contributed by atoms with Gasteiger partial charge in [-0.15, -0.1) is 0 Å². The maximum Gasteiger partial charge on any atom is 0.416 e. The summed E-state index contributed by atoms with van der Waals surface area (Å²) in [6.45, 7) is -0.240. The van der Waals surface area contributed by atoms with Gasteiger partial charge in [0.05, 0.1) is 16.8 Å². The molecular weight excluding hydrogens is 304 g/mol. The fraction of sp³-hybridized carbons (Fsp3) is 0.250. The molecule has 1 aliphatic heterocycles. The van der Waals surface area contributed by atoms with Crippen molar-refractivity contribution in [1.82, 2.24) is 0 Å². The van der Waals surface area contributed by atoms with E-state index in [1.165, 1.54) is 0 Å². The number of rotatable bonds is 2. The number of benzene rings is 1. The third-order valence-electron chi connectivity index (χ3n) is 2.55. The van der Waals surface area contributed by atoms with E-state index in [1.807, 2.05) is 0 Å². The third kappa shape index (κ3) is 3.67. The van der Waals surface area contributed by atoms with Crippen LogP contribution < -0.4 is 5.32 Å². The smallest absolute Gasteiger partial charge is 0.416 e. The SMILES string of the molecule is O=C1C=C(Nc2cc(C(F)(F)F)cc(C(F)(F)F)c2)CO1. The van der Waals surface area contributed by atoms with Crippen LogP contribution in [0.1, 0.15) is 11.1 Å². The topological polar surface area (TPSA) is 38.3 Å². The summed E-state index contributed by atoms with van der Waals surface area (Å²) >= 11 is 0. The van der Waals surface area contributed by atoms with Crippen LogP contribution in [0, 0.1) is 0 Å². The Morgan fingerprint density at radius 3 is 1.86 bits per heavy atom. The Kier molecular flexibility index (Phi) is 3.60. The monoisotopic (exact) mass is 311 g/mol. The normalized spacial score (nSPS) is 15.7. The van der Waals surface area contributed by atoms with Gasteiger partial charge in [0.2, 0.25) is 0 Å². The molecule has 21 heavy (non-hydrogen) atoms. The van der Waals surface area contributed by atoms with Gasteiger partial charge >= 0.3 is 18.3 Å². The molecule has 0 fully saturated rings. The van der Waals surface area contributed by atoms with Crippen molar-refractivity contribution in [3.05, 3.63) is 41.1 Å². The summed E-state index contributed by atoms with van der Waals surface area (Å²) in [6, 6.07) is 1.08. The number of alkyl halides is 6. The number of nitrogens with one attached hydrogen (secondary N) is 1. The molecule has 0 aliphatic carbocycles. The van der Waals surface area contributed by atoms with E-state index >= 15 is 0 Å². The zero-order chi connectivity index (χ0) is 15.8. The van der Waals surface area contributed by atoms with Crippen LogP contribution in [0.5, 0.6) is 0 Å². The zero-order valence-corrected chi connectivity index (χ0v) is 10.1. The fourth-order valence-electron chi connectivity index (χ4n) is 1.66. The van der Waals surface area contributed by atoms with Crippen LogP contribution in [0.4, 0.5) is 32.0 Å². The second-order valence-corrected chi connectivity index (χ2v) is 4.20. The molecule has 1 aromatic rings. The first kappa shape index (κ1) is 15.2. The minimum Gasteiger partial charge on any atom is -0.456 e. The predicted octanol–water partition coefficient (Wildman–Crippen LogP) is 3.58. The molecule has 0 saturated heterocycles. The Hall–Kier alpha value is -2.19. The lowest BCUT2D eigenvalue weighted by Crippen LogP contribution is -2.12. The Labute approximate surface area is 114 Å². The average molecular weight is 311 g/mol. The van der Waals surface area contributed by atoms with Crippen LogP contribution in [-0.4, -0.2) is 12.6 Å². The van der Waals surface area contributed by atoms with Gasteiger partial charge in [-0.2, -0.15) is 26.3 Å². The van der Waals surface area contributed by atoms with Crippen LogP contribution in [0.3, 0.4) is 0 Å². The van der Waals surface area contributed by atoms with Crippen molar-refractivity contribution < 1.29 is 35.9 Å². The summed E-state index contributed by atoms with van der Waals surface area (Å²) < 4.78 is 80.2. The molecule has 0 aromatic heterocycles. The van der Waals surface area contributed by atoms with Gasteiger partial charge in [0.15, 0.2) is 0 Å². The standard InChI is InChI=1S/C12H7F6NO2/c13-11(14,15)6-1-7(12(16,17)18)3-8(2-6)19-9-4-10(20)21-5-9/h1-4,19H,5H2. The summed E-state index contributed by atoms with van der Waals surface area (Å²) in [4.78, 5) is 10.8. The van der Waals surface area contributed by atoms with Gasteiger partial charge in [0.25, 0.3) is 0 Å². The molecule has 2 rings (SSSR count). The van der Waals surface area contributed by atoms with Crippen molar-refractivity contribution in [2.45, 2.75) is 12.4 Å². The molecule has 0 radical (unpaired) electrons. The van der Waals surface area contributed by atoms with Crippen LogP contribution in [-0.2, 0) is 21.9 Å². The molecule has 1 aliphatic rings. The number of carbonyl (C=O) groups is 1. The van der Waals surface area contributed by atoms with Gasteiger partial charge in [-0.25, -0.2) is 4.79 Å². The van der Waals surface area contributed by atoms with Crippen LogP contribution in [0.2, 0.25) is 0 Å². The molecule has 114 valence electrons. The highest BCUT2D eigenvalue weighted by Crippen LogP contribution is 2.37. The predicted molar refractivity (Wildman–Crippen MR) is 59.1 cm³/mol. The summed E-state index contributed by atoms with van der Waals surface area (Å²) in [7, 11) is 0. The number of ether oxygens (including phenoxy) is 1. The second kappa shape index (κ2) is 4.97. The molecule has 3 nitrogen and oxygen atoms in total. The maximum absolute atomic E-state index is 12.6. The highest BCUT2D eigenvalue weighted by Gasteiger charge is 2.37. The Balaban J connectivity index is 2.41. The van der Waals surface area contributed by atoms with Crippen LogP contribution >= 0.6 is 0 Å². The Morgan fingerprint density at radius 2 is 1.48 bits per heavy atom. The average Bonchev–Trinajstić information content (AvgIpc) is 2.72.